The van der Waals surface area contributed by atoms with Gasteiger partial charge in [0.25, 0.3) is 0 Å². The summed E-state index contributed by atoms with van der Waals surface area (Å²) in [6.45, 7) is 4.45. The summed E-state index contributed by atoms with van der Waals surface area (Å²) in [5.41, 5.74) is 1.49. The Morgan fingerprint density at radius 2 is 1.75 bits per heavy atom. The minimum Gasteiger partial charge on any atom is -0.326 e. The van der Waals surface area contributed by atoms with Gasteiger partial charge >= 0.3 is 0 Å². The number of rotatable bonds is 3. The van der Waals surface area contributed by atoms with E-state index in [9.17, 15) is 9.59 Å². The number of anilines is 2. The number of piperidine rings is 1. The average molecular weight is 275 g/mol. The van der Waals surface area contributed by atoms with Crippen molar-refractivity contribution in [1.29, 1.82) is 0 Å². The molecule has 20 heavy (non-hydrogen) atoms. The monoisotopic (exact) mass is 275 g/mol. The van der Waals surface area contributed by atoms with Gasteiger partial charge in [-0.1, -0.05) is 0 Å². The summed E-state index contributed by atoms with van der Waals surface area (Å²) in [5, 5.41) is 8.96. The lowest BCUT2D eigenvalue weighted by Crippen LogP contribution is -2.40. The molecule has 0 aromatic heterocycles. The Balaban J connectivity index is 1.92. The van der Waals surface area contributed by atoms with Crippen LogP contribution in [0.3, 0.4) is 0 Å². The van der Waals surface area contributed by atoms with Gasteiger partial charge in [-0.25, -0.2) is 0 Å². The van der Waals surface area contributed by atoms with Crippen LogP contribution in [0.25, 0.3) is 0 Å². The maximum Gasteiger partial charge on any atom is 0.227 e. The van der Waals surface area contributed by atoms with Crippen molar-refractivity contribution in [3.8, 4) is 0 Å². The molecule has 5 heteroatoms. The molecule has 5 nitrogen and oxygen atoms in total. The Hall–Kier alpha value is -1.88. The molecule has 1 aromatic carbocycles. The predicted molar refractivity (Wildman–Crippen MR) is 79.6 cm³/mol. The van der Waals surface area contributed by atoms with Crippen LogP contribution >= 0.6 is 0 Å². The molecule has 2 atom stereocenters. The first-order valence-electron chi connectivity index (χ1n) is 6.96. The molecule has 2 unspecified atom stereocenters. The van der Waals surface area contributed by atoms with Crippen LogP contribution in [0.5, 0.6) is 0 Å². The number of amides is 2. The van der Waals surface area contributed by atoms with Crippen molar-refractivity contribution < 1.29 is 9.59 Å². The summed E-state index contributed by atoms with van der Waals surface area (Å²) in [6, 6.07) is 7.55. The summed E-state index contributed by atoms with van der Waals surface area (Å²) < 4.78 is 0. The Morgan fingerprint density at radius 1 is 1.15 bits per heavy atom. The minimum absolute atomic E-state index is 0.0706. The number of hydrogen-bond donors (Lipinski definition) is 3. The molecule has 1 heterocycles. The first kappa shape index (κ1) is 14.5. The molecule has 0 radical (unpaired) electrons. The molecule has 1 aliphatic heterocycles. The summed E-state index contributed by atoms with van der Waals surface area (Å²) in [7, 11) is 0. The second kappa shape index (κ2) is 6.52. The topological polar surface area (TPSA) is 70.2 Å². The largest absolute Gasteiger partial charge is 0.326 e. The number of hydrogen-bond acceptors (Lipinski definition) is 3. The Labute approximate surface area is 119 Å². The molecule has 0 aliphatic carbocycles. The molecule has 1 saturated heterocycles. The van der Waals surface area contributed by atoms with E-state index >= 15 is 0 Å². The van der Waals surface area contributed by atoms with Crippen LogP contribution < -0.4 is 16.0 Å². The molecule has 108 valence electrons. The summed E-state index contributed by atoms with van der Waals surface area (Å²) in [5.74, 6) is 0.0392. The highest BCUT2D eigenvalue weighted by Crippen LogP contribution is 2.19. The zero-order valence-corrected chi connectivity index (χ0v) is 11.9. The van der Waals surface area contributed by atoms with Gasteiger partial charge in [-0.2, -0.15) is 0 Å². The van der Waals surface area contributed by atoms with Crippen LogP contribution in [0.1, 0.15) is 26.7 Å². The van der Waals surface area contributed by atoms with Crippen LogP contribution in [0.2, 0.25) is 0 Å². The zero-order chi connectivity index (χ0) is 14.5. The predicted octanol–water partition coefficient (Wildman–Crippen LogP) is 1.97. The van der Waals surface area contributed by atoms with E-state index in [-0.39, 0.29) is 17.7 Å². The van der Waals surface area contributed by atoms with E-state index in [2.05, 4.69) is 22.9 Å². The number of benzene rings is 1. The van der Waals surface area contributed by atoms with E-state index in [1.54, 1.807) is 24.3 Å². The minimum atomic E-state index is -0.106. The molecule has 3 N–H and O–H groups in total. The van der Waals surface area contributed by atoms with E-state index in [1.807, 2.05) is 0 Å². The van der Waals surface area contributed by atoms with Gasteiger partial charge in [0.05, 0.1) is 0 Å². The first-order chi connectivity index (χ1) is 9.54. The van der Waals surface area contributed by atoms with Crippen LogP contribution in [0, 0.1) is 5.92 Å². The fourth-order valence-electron chi connectivity index (χ4n) is 2.45. The molecule has 0 spiro atoms. The van der Waals surface area contributed by atoms with Crippen molar-refractivity contribution in [3.63, 3.8) is 0 Å². The first-order valence-corrected chi connectivity index (χ1v) is 6.96. The highest BCUT2D eigenvalue weighted by atomic mass is 16.2. The fraction of sp³-hybridized carbons (Fsp3) is 0.467. The van der Waals surface area contributed by atoms with E-state index in [0.717, 1.165) is 30.8 Å². The van der Waals surface area contributed by atoms with Crippen molar-refractivity contribution in [2.24, 2.45) is 5.92 Å². The second-order valence-corrected chi connectivity index (χ2v) is 5.32. The molecule has 1 aliphatic rings. The van der Waals surface area contributed by atoms with Gasteiger partial charge in [-0.3, -0.25) is 9.59 Å². The van der Waals surface area contributed by atoms with Gasteiger partial charge in [0, 0.05) is 30.3 Å². The van der Waals surface area contributed by atoms with Crippen molar-refractivity contribution in [1.82, 2.24) is 5.32 Å². The lowest BCUT2D eigenvalue weighted by atomic mass is 9.92. The van der Waals surface area contributed by atoms with E-state index in [0.29, 0.717) is 6.04 Å². The normalized spacial score (nSPS) is 22.1. The summed E-state index contributed by atoms with van der Waals surface area (Å²) in [4.78, 5) is 23.1. The summed E-state index contributed by atoms with van der Waals surface area (Å²) >= 11 is 0. The van der Waals surface area contributed by atoms with Crippen LogP contribution in [0.15, 0.2) is 24.3 Å². The molecule has 0 saturated carbocycles. The highest BCUT2D eigenvalue weighted by molar-refractivity contribution is 5.93. The zero-order valence-electron chi connectivity index (χ0n) is 11.9. The Morgan fingerprint density at radius 3 is 2.30 bits per heavy atom. The standard InChI is InChI=1S/C15H21N3O2/c1-10-9-12(7-8-16-10)15(20)18-14-5-3-13(4-6-14)17-11(2)19/h3-6,10,12,16H,7-9H2,1-2H3,(H,17,19)(H,18,20). The van der Waals surface area contributed by atoms with Gasteiger partial charge in [0.2, 0.25) is 11.8 Å². The third-order valence-corrected chi connectivity index (χ3v) is 3.47. The lowest BCUT2D eigenvalue weighted by molar-refractivity contribution is -0.121. The molecule has 1 fully saturated rings. The third-order valence-electron chi connectivity index (χ3n) is 3.47. The smallest absolute Gasteiger partial charge is 0.227 e. The van der Waals surface area contributed by atoms with Crippen molar-refractivity contribution in [2.75, 3.05) is 17.2 Å². The second-order valence-electron chi connectivity index (χ2n) is 5.32. The lowest BCUT2D eigenvalue weighted by Gasteiger charge is -2.27. The van der Waals surface area contributed by atoms with Gasteiger partial charge in [0.1, 0.15) is 0 Å². The van der Waals surface area contributed by atoms with Crippen molar-refractivity contribution in [3.05, 3.63) is 24.3 Å². The van der Waals surface area contributed by atoms with Crippen LogP contribution in [0.4, 0.5) is 11.4 Å². The van der Waals surface area contributed by atoms with Gasteiger partial charge < -0.3 is 16.0 Å². The average Bonchev–Trinajstić information content (AvgIpc) is 2.40. The Bertz CT molecular complexity index is 484. The maximum atomic E-state index is 12.2. The Kier molecular flexibility index (Phi) is 4.74. The molecular formula is C15H21N3O2. The van der Waals surface area contributed by atoms with Crippen LogP contribution in [-0.4, -0.2) is 24.4 Å². The van der Waals surface area contributed by atoms with Crippen molar-refractivity contribution >= 4 is 23.2 Å². The SMILES string of the molecule is CC(=O)Nc1ccc(NC(=O)C2CCNC(C)C2)cc1. The van der Waals surface area contributed by atoms with Crippen LogP contribution in [-0.2, 0) is 9.59 Å². The van der Waals surface area contributed by atoms with E-state index < -0.39 is 0 Å². The highest BCUT2D eigenvalue weighted by Gasteiger charge is 2.24. The van der Waals surface area contributed by atoms with E-state index in [1.165, 1.54) is 6.92 Å². The number of carbonyl (C=O) groups is 2. The summed E-state index contributed by atoms with van der Waals surface area (Å²) in [6.07, 6.45) is 1.75. The maximum absolute atomic E-state index is 12.2. The molecule has 1 aromatic rings. The van der Waals surface area contributed by atoms with Gasteiger partial charge in [-0.05, 0) is 50.6 Å². The molecule has 0 bridgehead atoms. The van der Waals surface area contributed by atoms with E-state index in [4.69, 9.17) is 0 Å². The number of carbonyl (C=O) groups excluding carboxylic acids is 2. The number of nitrogens with one attached hydrogen (secondary N) is 3. The van der Waals surface area contributed by atoms with Gasteiger partial charge in [0.15, 0.2) is 0 Å². The van der Waals surface area contributed by atoms with Crippen molar-refractivity contribution in [2.45, 2.75) is 32.7 Å². The molecular weight excluding hydrogens is 254 g/mol. The quantitative estimate of drug-likeness (QED) is 0.790. The molecule has 2 rings (SSSR count). The fourth-order valence-corrected chi connectivity index (χ4v) is 2.45. The van der Waals surface area contributed by atoms with Gasteiger partial charge in [-0.15, -0.1) is 0 Å². The molecule has 2 amide bonds. The third kappa shape index (κ3) is 4.06.